The van der Waals surface area contributed by atoms with Gasteiger partial charge in [-0.05, 0) is 30.3 Å². The van der Waals surface area contributed by atoms with Crippen LogP contribution in [0.5, 0.6) is 0 Å². The molecule has 1 unspecified atom stereocenters. The zero-order valence-corrected chi connectivity index (χ0v) is 10.5. The van der Waals surface area contributed by atoms with Crippen LogP contribution in [0.2, 0.25) is 5.02 Å². The van der Waals surface area contributed by atoms with Gasteiger partial charge in [-0.1, -0.05) is 41.9 Å². The summed E-state index contributed by atoms with van der Waals surface area (Å²) >= 11 is 5.98. The number of halogens is 3. The van der Waals surface area contributed by atoms with E-state index in [1.807, 2.05) is 30.3 Å². The van der Waals surface area contributed by atoms with Crippen LogP contribution in [0.25, 0.3) is 0 Å². The predicted octanol–water partition coefficient (Wildman–Crippen LogP) is 3.93. The lowest BCUT2D eigenvalue weighted by molar-refractivity contribution is 0.505. The number of hydrogen-bond acceptors (Lipinski definition) is 1. The lowest BCUT2D eigenvalue weighted by Gasteiger charge is -2.18. The lowest BCUT2D eigenvalue weighted by Crippen LogP contribution is -2.18. The van der Waals surface area contributed by atoms with Crippen molar-refractivity contribution in [3.05, 3.63) is 70.2 Å². The molecular formula is C14H12ClF2N. The third kappa shape index (κ3) is 2.52. The van der Waals surface area contributed by atoms with Gasteiger partial charge in [-0.15, -0.1) is 0 Å². The highest BCUT2D eigenvalue weighted by atomic mass is 35.5. The Hall–Kier alpha value is -1.45. The van der Waals surface area contributed by atoms with Crippen LogP contribution in [-0.4, -0.2) is 7.05 Å². The Morgan fingerprint density at radius 2 is 1.67 bits per heavy atom. The molecule has 0 heterocycles. The van der Waals surface area contributed by atoms with E-state index in [0.29, 0.717) is 5.56 Å². The van der Waals surface area contributed by atoms with E-state index in [9.17, 15) is 8.78 Å². The molecule has 18 heavy (non-hydrogen) atoms. The van der Waals surface area contributed by atoms with Gasteiger partial charge in [-0.2, -0.15) is 0 Å². The fourth-order valence-corrected chi connectivity index (χ4v) is 2.17. The van der Waals surface area contributed by atoms with Crippen LogP contribution in [0.3, 0.4) is 0 Å². The summed E-state index contributed by atoms with van der Waals surface area (Å²) in [6.07, 6.45) is 0. The van der Waals surface area contributed by atoms with Gasteiger partial charge in [-0.3, -0.25) is 0 Å². The van der Waals surface area contributed by atoms with Crippen LogP contribution in [-0.2, 0) is 0 Å². The first-order valence-corrected chi connectivity index (χ1v) is 5.88. The average molecular weight is 268 g/mol. The van der Waals surface area contributed by atoms with Gasteiger partial charge in [-0.25, -0.2) is 8.78 Å². The van der Waals surface area contributed by atoms with Gasteiger partial charge < -0.3 is 5.32 Å². The molecule has 0 radical (unpaired) electrons. The zero-order chi connectivity index (χ0) is 13.1. The van der Waals surface area contributed by atoms with Crippen LogP contribution in [0.4, 0.5) is 8.78 Å². The molecule has 1 nitrogen and oxygen atoms in total. The molecule has 2 aromatic rings. The van der Waals surface area contributed by atoms with Crippen molar-refractivity contribution in [1.82, 2.24) is 5.32 Å². The molecule has 94 valence electrons. The molecule has 4 heteroatoms. The van der Waals surface area contributed by atoms with Crippen LogP contribution in [0.15, 0.2) is 42.5 Å². The Labute approximate surface area is 109 Å². The largest absolute Gasteiger partial charge is 0.309 e. The van der Waals surface area contributed by atoms with E-state index < -0.39 is 11.6 Å². The highest BCUT2D eigenvalue weighted by molar-refractivity contribution is 6.31. The first-order chi connectivity index (χ1) is 8.63. The van der Waals surface area contributed by atoms with Crippen molar-refractivity contribution in [2.24, 2.45) is 0 Å². The fourth-order valence-electron chi connectivity index (χ4n) is 1.91. The summed E-state index contributed by atoms with van der Waals surface area (Å²) in [4.78, 5) is 0. The van der Waals surface area contributed by atoms with Crippen molar-refractivity contribution in [3.8, 4) is 0 Å². The van der Waals surface area contributed by atoms with E-state index in [0.717, 1.165) is 17.7 Å². The Morgan fingerprint density at radius 1 is 1.06 bits per heavy atom. The van der Waals surface area contributed by atoms with E-state index in [2.05, 4.69) is 5.32 Å². The van der Waals surface area contributed by atoms with Crippen molar-refractivity contribution in [3.63, 3.8) is 0 Å². The highest BCUT2D eigenvalue weighted by Gasteiger charge is 2.17. The summed E-state index contributed by atoms with van der Waals surface area (Å²) in [5, 5.41) is 3.25. The van der Waals surface area contributed by atoms with E-state index in [1.54, 1.807) is 7.05 Å². The van der Waals surface area contributed by atoms with Gasteiger partial charge in [0.05, 0.1) is 6.04 Å². The van der Waals surface area contributed by atoms with E-state index in [1.165, 1.54) is 0 Å². The molecule has 0 amide bonds. The summed E-state index contributed by atoms with van der Waals surface area (Å²) in [6, 6.07) is 11.3. The SMILES string of the molecule is CNC(c1ccccc1)c1cc(F)c(F)cc1Cl. The van der Waals surface area contributed by atoms with E-state index >= 15 is 0 Å². The Balaban J connectivity index is 2.49. The van der Waals surface area contributed by atoms with Crippen molar-refractivity contribution in [2.45, 2.75) is 6.04 Å². The van der Waals surface area contributed by atoms with E-state index in [-0.39, 0.29) is 11.1 Å². The second kappa shape index (κ2) is 5.46. The van der Waals surface area contributed by atoms with Crippen molar-refractivity contribution in [1.29, 1.82) is 0 Å². The van der Waals surface area contributed by atoms with Gasteiger partial charge in [0.15, 0.2) is 11.6 Å². The molecule has 0 aromatic heterocycles. The maximum atomic E-state index is 13.3. The molecule has 2 rings (SSSR count). The summed E-state index contributed by atoms with van der Waals surface area (Å²) in [7, 11) is 1.75. The number of nitrogens with one attached hydrogen (secondary N) is 1. The standard InChI is InChI=1S/C14H12ClF2N/c1-18-14(9-5-3-2-4-6-9)10-7-12(16)13(17)8-11(10)15/h2-8,14,18H,1H3. The summed E-state index contributed by atoms with van der Waals surface area (Å²) in [6.45, 7) is 0. The maximum Gasteiger partial charge on any atom is 0.160 e. The molecular weight excluding hydrogens is 256 g/mol. The maximum absolute atomic E-state index is 13.3. The molecule has 0 saturated heterocycles. The first-order valence-electron chi connectivity index (χ1n) is 5.50. The van der Waals surface area contributed by atoms with Gasteiger partial charge in [0.2, 0.25) is 0 Å². The molecule has 0 bridgehead atoms. The number of rotatable bonds is 3. The third-order valence-corrected chi connectivity index (χ3v) is 3.10. The van der Waals surface area contributed by atoms with Crippen molar-refractivity contribution in [2.75, 3.05) is 7.05 Å². The molecule has 0 spiro atoms. The van der Waals surface area contributed by atoms with Gasteiger partial charge >= 0.3 is 0 Å². The number of benzene rings is 2. The van der Waals surface area contributed by atoms with Crippen molar-refractivity contribution < 1.29 is 8.78 Å². The van der Waals surface area contributed by atoms with Crippen LogP contribution in [0, 0.1) is 11.6 Å². The molecule has 2 aromatic carbocycles. The first kappa shape index (κ1) is 13.0. The van der Waals surface area contributed by atoms with Gasteiger partial charge in [0.1, 0.15) is 0 Å². The van der Waals surface area contributed by atoms with Crippen LogP contribution >= 0.6 is 11.6 Å². The molecule has 0 aliphatic heterocycles. The van der Waals surface area contributed by atoms with Gasteiger partial charge in [0.25, 0.3) is 0 Å². The Morgan fingerprint density at radius 3 is 2.28 bits per heavy atom. The smallest absolute Gasteiger partial charge is 0.160 e. The normalized spacial score (nSPS) is 12.4. The average Bonchev–Trinajstić information content (AvgIpc) is 2.38. The third-order valence-electron chi connectivity index (χ3n) is 2.77. The van der Waals surface area contributed by atoms with Gasteiger partial charge in [0, 0.05) is 5.02 Å². The van der Waals surface area contributed by atoms with Crippen molar-refractivity contribution >= 4 is 11.6 Å². The second-order valence-corrected chi connectivity index (χ2v) is 4.33. The predicted molar refractivity (Wildman–Crippen MR) is 68.7 cm³/mol. The lowest BCUT2D eigenvalue weighted by atomic mass is 9.98. The zero-order valence-electron chi connectivity index (χ0n) is 9.75. The molecule has 0 fully saturated rings. The van der Waals surface area contributed by atoms with E-state index in [4.69, 9.17) is 11.6 Å². The topological polar surface area (TPSA) is 12.0 Å². The molecule has 1 atom stereocenters. The monoisotopic (exact) mass is 267 g/mol. The Kier molecular flexibility index (Phi) is 3.94. The second-order valence-electron chi connectivity index (χ2n) is 3.92. The fraction of sp³-hybridized carbons (Fsp3) is 0.143. The Bertz CT molecular complexity index is 543. The summed E-state index contributed by atoms with van der Waals surface area (Å²) < 4.78 is 26.4. The molecule has 1 N–H and O–H groups in total. The minimum atomic E-state index is -0.938. The minimum Gasteiger partial charge on any atom is -0.309 e. The quantitative estimate of drug-likeness (QED) is 0.831. The van der Waals surface area contributed by atoms with Crippen LogP contribution in [0.1, 0.15) is 17.2 Å². The highest BCUT2D eigenvalue weighted by Crippen LogP contribution is 2.29. The summed E-state index contributed by atoms with van der Waals surface area (Å²) in [5.41, 5.74) is 1.46. The summed E-state index contributed by atoms with van der Waals surface area (Å²) in [5.74, 6) is -1.84. The molecule has 0 aliphatic rings. The molecule has 0 aliphatic carbocycles. The minimum absolute atomic E-state index is 0.206. The molecule has 0 saturated carbocycles. The van der Waals surface area contributed by atoms with Crippen LogP contribution < -0.4 is 5.32 Å². The number of hydrogen-bond donors (Lipinski definition) is 1.